The van der Waals surface area contributed by atoms with Crippen molar-refractivity contribution in [1.29, 1.82) is 0 Å². The van der Waals surface area contributed by atoms with Crippen LogP contribution in [0, 0.1) is 0 Å². The first kappa shape index (κ1) is 36.7. The smallest absolute Gasteiger partial charge is 0.413 e. The average molecular weight is 637 g/mol. The number of rotatable bonds is 15. The Kier molecular flexibility index (Phi) is 13.8. The van der Waals surface area contributed by atoms with E-state index in [4.69, 9.17) is 18.5 Å². The molecule has 44 heavy (non-hydrogen) atoms. The molecule has 0 radical (unpaired) electrons. The van der Waals surface area contributed by atoms with Crippen LogP contribution in [0.25, 0.3) is 0 Å². The molecule has 2 N–H and O–H groups in total. The summed E-state index contributed by atoms with van der Waals surface area (Å²) < 4.78 is 36.1. The van der Waals surface area contributed by atoms with E-state index in [1.165, 1.54) is 6.20 Å². The van der Waals surface area contributed by atoms with Gasteiger partial charge in [-0.25, -0.2) is 9.59 Å². The largest absolute Gasteiger partial charge is 0.465 e. The number of aryl methyl sites for hydroxylation is 1. The molecule has 0 unspecified atom stereocenters. The number of ether oxygens (including phenoxy) is 2. The van der Waals surface area contributed by atoms with Gasteiger partial charge < -0.3 is 23.8 Å². The summed E-state index contributed by atoms with van der Waals surface area (Å²) in [5.41, 5.74) is -0.985. The predicted octanol–water partition coefficient (Wildman–Crippen LogP) is 4.82. The highest BCUT2D eigenvalue weighted by Crippen LogP contribution is 2.54. The summed E-state index contributed by atoms with van der Waals surface area (Å²) >= 11 is 0. The summed E-state index contributed by atoms with van der Waals surface area (Å²) in [4.78, 5) is 53.6. The van der Waals surface area contributed by atoms with Gasteiger partial charge in [0.1, 0.15) is 19.0 Å². The van der Waals surface area contributed by atoms with Crippen LogP contribution >= 0.6 is 7.60 Å². The Hall–Kier alpha value is -3.54. The number of hydrogen-bond donors (Lipinski definition) is 2. The maximum absolute atomic E-state index is 13.4. The van der Waals surface area contributed by atoms with Gasteiger partial charge in [0.05, 0.1) is 24.0 Å². The third-order valence-electron chi connectivity index (χ3n) is 5.49. The number of carbonyl (C=O) groups is 3. The first-order chi connectivity index (χ1) is 20.5. The molecule has 0 aliphatic carbocycles. The van der Waals surface area contributed by atoms with Gasteiger partial charge in [-0.1, -0.05) is 30.3 Å². The van der Waals surface area contributed by atoms with Crippen LogP contribution in [-0.4, -0.2) is 58.0 Å². The lowest BCUT2D eigenvalue weighted by molar-refractivity contribution is -0.143. The summed E-state index contributed by atoms with van der Waals surface area (Å²) in [5, 5.41) is 5.28. The van der Waals surface area contributed by atoms with E-state index < -0.39 is 36.6 Å². The molecule has 0 saturated heterocycles. The SMILES string of the molecule is CCOC(=O)Cn1cc(CCCNC(=O)CCP(=O)(OC(C)(C)C)OC(C)(C)C)c(NC(=O)OCc2ccccc2)nc1=O. The summed E-state index contributed by atoms with van der Waals surface area (Å²) in [5.74, 6) is -0.964. The Labute approximate surface area is 258 Å². The van der Waals surface area contributed by atoms with Gasteiger partial charge in [-0.2, -0.15) is 4.98 Å². The fourth-order valence-corrected chi connectivity index (χ4v) is 6.29. The lowest BCUT2D eigenvalue weighted by Crippen LogP contribution is -2.30. The van der Waals surface area contributed by atoms with E-state index >= 15 is 0 Å². The van der Waals surface area contributed by atoms with E-state index in [-0.39, 0.29) is 57.0 Å². The highest BCUT2D eigenvalue weighted by atomic mass is 31.2. The van der Waals surface area contributed by atoms with Crippen LogP contribution in [0.15, 0.2) is 41.3 Å². The zero-order chi connectivity index (χ0) is 33.0. The van der Waals surface area contributed by atoms with Gasteiger partial charge in [0.25, 0.3) is 0 Å². The normalized spacial score (nSPS) is 12.0. The number of nitrogens with one attached hydrogen (secondary N) is 2. The molecule has 2 amide bonds. The quantitative estimate of drug-likeness (QED) is 0.157. The monoisotopic (exact) mass is 636 g/mol. The van der Waals surface area contributed by atoms with Crippen LogP contribution in [-0.2, 0) is 52.2 Å². The van der Waals surface area contributed by atoms with E-state index in [0.717, 1.165) is 10.1 Å². The fraction of sp³-hybridized carbons (Fsp3) is 0.567. The molecule has 0 atom stereocenters. The molecule has 1 aromatic carbocycles. The Bertz CT molecular complexity index is 1350. The van der Waals surface area contributed by atoms with Gasteiger partial charge in [0, 0.05) is 24.7 Å². The maximum Gasteiger partial charge on any atom is 0.413 e. The van der Waals surface area contributed by atoms with Crippen molar-refractivity contribution in [3.8, 4) is 0 Å². The van der Waals surface area contributed by atoms with Crippen molar-refractivity contribution in [1.82, 2.24) is 14.9 Å². The minimum atomic E-state index is -3.57. The molecule has 2 aromatic rings. The molecular formula is C30H45N4O9P. The molecule has 0 fully saturated rings. The maximum atomic E-state index is 13.4. The molecule has 244 valence electrons. The predicted molar refractivity (Wildman–Crippen MR) is 165 cm³/mol. The van der Waals surface area contributed by atoms with Gasteiger partial charge in [-0.3, -0.25) is 24.0 Å². The summed E-state index contributed by atoms with van der Waals surface area (Å²) in [7, 11) is -3.57. The van der Waals surface area contributed by atoms with Gasteiger partial charge in [-0.05, 0) is 66.9 Å². The van der Waals surface area contributed by atoms with Crippen molar-refractivity contribution in [2.24, 2.45) is 0 Å². The molecule has 0 spiro atoms. The van der Waals surface area contributed by atoms with Crippen molar-refractivity contribution >= 4 is 31.4 Å². The molecule has 2 rings (SSSR count). The fourth-order valence-electron chi connectivity index (χ4n) is 3.92. The number of aromatic nitrogens is 2. The number of esters is 1. The third kappa shape index (κ3) is 14.3. The molecular weight excluding hydrogens is 591 g/mol. The third-order valence-corrected chi connectivity index (χ3v) is 7.91. The topological polar surface area (TPSA) is 164 Å². The first-order valence-electron chi connectivity index (χ1n) is 14.5. The van der Waals surface area contributed by atoms with Gasteiger partial charge in [0.2, 0.25) is 5.91 Å². The Balaban J connectivity index is 2.05. The number of hydrogen-bond acceptors (Lipinski definition) is 10. The van der Waals surface area contributed by atoms with Gasteiger partial charge in [0.15, 0.2) is 0 Å². The highest BCUT2D eigenvalue weighted by molar-refractivity contribution is 7.54. The lowest BCUT2D eigenvalue weighted by atomic mass is 10.1. The van der Waals surface area contributed by atoms with E-state index in [2.05, 4.69) is 15.6 Å². The second-order valence-electron chi connectivity index (χ2n) is 12.0. The van der Waals surface area contributed by atoms with Gasteiger partial charge in [-0.15, -0.1) is 0 Å². The number of amides is 2. The van der Waals surface area contributed by atoms with Crippen LogP contribution < -0.4 is 16.3 Å². The summed E-state index contributed by atoms with van der Waals surface area (Å²) in [6.07, 6.45) is 1.13. The standard InChI is InChI=1S/C30H45N4O9P/c1-8-40-25(36)20-34-19-23(26(32-27(34)37)33-28(38)41-21-22-13-10-9-11-14-22)15-12-17-31-24(35)16-18-44(39,42-29(2,3)4)43-30(5,6)7/h9-11,13-14,19H,8,12,15-18,20-21H2,1-7H3,(H,31,35)(H,32,33,37,38). The zero-order valence-electron chi connectivity index (χ0n) is 26.6. The molecule has 0 bridgehead atoms. The number of carbonyl (C=O) groups excluding carboxylic acids is 3. The average Bonchev–Trinajstić information content (AvgIpc) is 2.89. The molecule has 0 saturated carbocycles. The van der Waals surface area contributed by atoms with E-state index in [1.807, 2.05) is 18.2 Å². The van der Waals surface area contributed by atoms with Crippen LogP contribution in [0.5, 0.6) is 0 Å². The molecule has 1 heterocycles. The second-order valence-corrected chi connectivity index (χ2v) is 14.0. The van der Waals surface area contributed by atoms with Crippen LogP contribution in [0.3, 0.4) is 0 Å². The van der Waals surface area contributed by atoms with Crippen LogP contribution in [0.2, 0.25) is 0 Å². The minimum Gasteiger partial charge on any atom is -0.465 e. The van der Waals surface area contributed by atoms with Crippen molar-refractivity contribution in [3.63, 3.8) is 0 Å². The molecule has 1 aromatic heterocycles. The number of benzene rings is 1. The summed E-state index contributed by atoms with van der Waals surface area (Å²) in [6.45, 7) is 12.3. The van der Waals surface area contributed by atoms with Crippen LogP contribution in [0.4, 0.5) is 10.6 Å². The van der Waals surface area contributed by atoms with E-state index in [1.54, 1.807) is 60.6 Å². The van der Waals surface area contributed by atoms with Crippen LogP contribution in [0.1, 0.15) is 72.4 Å². The molecule has 0 aliphatic heterocycles. The molecule has 14 heteroatoms. The second kappa shape index (κ2) is 16.5. The lowest BCUT2D eigenvalue weighted by Gasteiger charge is -2.32. The Morgan fingerprint density at radius 1 is 0.977 bits per heavy atom. The zero-order valence-corrected chi connectivity index (χ0v) is 27.5. The van der Waals surface area contributed by atoms with Crippen molar-refractivity contribution in [2.45, 2.75) is 92.1 Å². The summed E-state index contributed by atoms with van der Waals surface area (Å²) in [6, 6.07) is 9.08. The van der Waals surface area contributed by atoms with E-state index in [9.17, 15) is 23.7 Å². The van der Waals surface area contributed by atoms with E-state index in [0.29, 0.717) is 12.0 Å². The van der Waals surface area contributed by atoms with Gasteiger partial charge >= 0.3 is 25.3 Å². The molecule has 0 aliphatic rings. The Morgan fingerprint density at radius 3 is 2.20 bits per heavy atom. The minimum absolute atomic E-state index is 0.0147. The first-order valence-corrected chi connectivity index (χ1v) is 16.2. The molecule has 13 nitrogen and oxygen atoms in total. The Morgan fingerprint density at radius 2 is 1.61 bits per heavy atom. The van der Waals surface area contributed by atoms with Crippen molar-refractivity contribution in [3.05, 3.63) is 58.1 Å². The number of anilines is 1. The van der Waals surface area contributed by atoms with Crippen molar-refractivity contribution in [2.75, 3.05) is 24.6 Å². The van der Waals surface area contributed by atoms with Crippen molar-refractivity contribution < 1.29 is 37.5 Å². The number of nitrogens with zero attached hydrogens (tertiary/aromatic N) is 2. The highest BCUT2D eigenvalue weighted by Gasteiger charge is 2.35.